The van der Waals surface area contributed by atoms with Crippen molar-refractivity contribution in [1.29, 1.82) is 5.26 Å². The van der Waals surface area contributed by atoms with Crippen molar-refractivity contribution in [2.75, 3.05) is 31.1 Å². The Hall–Kier alpha value is -3.51. The molecule has 0 aromatic heterocycles. The Morgan fingerprint density at radius 2 is 1.97 bits per heavy atom. The number of phenols is 1. The second kappa shape index (κ2) is 7.14. The molecular formula is C23H20FN3O2. The summed E-state index contributed by atoms with van der Waals surface area (Å²) in [6.07, 6.45) is 0.913. The van der Waals surface area contributed by atoms with E-state index in [1.54, 1.807) is 24.0 Å². The number of rotatable bonds is 2. The average molecular weight is 389 g/mol. The fraction of sp³-hybridized carbons (Fsp3) is 0.304. The largest absolute Gasteiger partial charge is 0.507 e. The van der Waals surface area contributed by atoms with Gasteiger partial charge in [-0.15, -0.1) is 0 Å². The Balaban J connectivity index is 1.62. The highest BCUT2D eigenvalue weighted by Crippen LogP contribution is 2.44. The minimum Gasteiger partial charge on any atom is -0.507 e. The van der Waals surface area contributed by atoms with Crippen LogP contribution in [0.1, 0.15) is 18.9 Å². The van der Waals surface area contributed by atoms with Gasteiger partial charge in [-0.1, -0.05) is 24.1 Å². The van der Waals surface area contributed by atoms with Crippen LogP contribution in [0.4, 0.5) is 10.1 Å². The Kier molecular flexibility index (Phi) is 4.64. The van der Waals surface area contributed by atoms with Gasteiger partial charge in [-0.2, -0.15) is 5.26 Å². The third-order valence-electron chi connectivity index (χ3n) is 5.77. The third kappa shape index (κ3) is 3.17. The minimum absolute atomic E-state index is 0.00788. The molecule has 2 aliphatic rings. The van der Waals surface area contributed by atoms with Crippen molar-refractivity contribution in [3.05, 3.63) is 47.8 Å². The smallest absolute Gasteiger partial charge is 0.298 e. The Morgan fingerprint density at radius 3 is 2.66 bits per heavy atom. The van der Waals surface area contributed by atoms with E-state index in [0.29, 0.717) is 24.2 Å². The van der Waals surface area contributed by atoms with Crippen LogP contribution in [0.3, 0.4) is 0 Å². The quantitative estimate of drug-likeness (QED) is 0.802. The summed E-state index contributed by atoms with van der Waals surface area (Å²) in [5, 5.41) is 20.0. The van der Waals surface area contributed by atoms with Crippen molar-refractivity contribution in [1.82, 2.24) is 4.90 Å². The van der Waals surface area contributed by atoms with Crippen molar-refractivity contribution in [2.45, 2.75) is 13.3 Å². The number of hydrogen-bond acceptors (Lipinski definition) is 4. The first-order chi connectivity index (χ1) is 14.0. The number of amides is 1. The van der Waals surface area contributed by atoms with Gasteiger partial charge in [-0.25, -0.2) is 4.39 Å². The lowest BCUT2D eigenvalue weighted by molar-refractivity contribution is -0.135. The van der Waals surface area contributed by atoms with Crippen LogP contribution in [0.15, 0.2) is 36.4 Å². The molecule has 0 aliphatic carbocycles. The summed E-state index contributed by atoms with van der Waals surface area (Å²) < 4.78 is 14.4. The van der Waals surface area contributed by atoms with Gasteiger partial charge in [0.1, 0.15) is 17.6 Å². The number of benzene rings is 2. The summed E-state index contributed by atoms with van der Waals surface area (Å²) in [6, 6.07) is 11.6. The van der Waals surface area contributed by atoms with Crippen LogP contribution in [0.2, 0.25) is 0 Å². The topological polar surface area (TPSA) is 67.6 Å². The molecule has 2 heterocycles. The third-order valence-corrected chi connectivity index (χ3v) is 5.77. The summed E-state index contributed by atoms with van der Waals surface area (Å²) in [7, 11) is 0. The number of nitriles is 1. The van der Waals surface area contributed by atoms with Gasteiger partial charge in [0.05, 0.1) is 16.8 Å². The lowest BCUT2D eigenvalue weighted by atomic mass is 9.79. The molecule has 2 fully saturated rings. The average Bonchev–Trinajstić information content (AvgIpc) is 3.12. The summed E-state index contributed by atoms with van der Waals surface area (Å²) in [6.45, 7) is 4.44. The Bertz CT molecular complexity index is 1070. The molecule has 2 aliphatic heterocycles. The summed E-state index contributed by atoms with van der Waals surface area (Å²) in [5.41, 5.74) is 1.49. The van der Waals surface area contributed by atoms with Gasteiger partial charge in [0.15, 0.2) is 0 Å². The van der Waals surface area contributed by atoms with Gasteiger partial charge < -0.3 is 14.9 Å². The first-order valence-corrected chi connectivity index (χ1v) is 9.45. The maximum Gasteiger partial charge on any atom is 0.298 e. The van der Waals surface area contributed by atoms with Gasteiger partial charge >= 0.3 is 0 Å². The second-order valence-electron chi connectivity index (χ2n) is 7.65. The highest BCUT2D eigenvalue weighted by molar-refractivity contribution is 5.94. The highest BCUT2D eigenvalue weighted by atomic mass is 19.1. The van der Waals surface area contributed by atoms with Gasteiger partial charge in [0.25, 0.3) is 5.91 Å². The lowest BCUT2D eigenvalue weighted by Gasteiger charge is -2.47. The first kappa shape index (κ1) is 18.8. The maximum atomic E-state index is 14.4. The van der Waals surface area contributed by atoms with Crippen LogP contribution in [0.25, 0.3) is 11.1 Å². The van der Waals surface area contributed by atoms with Crippen molar-refractivity contribution < 1.29 is 14.3 Å². The molecule has 0 saturated carbocycles. The molecule has 29 heavy (non-hydrogen) atoms. The molecule has 0 bridgehead atoms. The van der Waals surface area contributed by atoms with Gasteiger partial charge in [0.2, 0.25) is 0 Å². The van der Waals surface area contributed by atoms with E-state index < -0.39 is 5.82 Å². The molecule has 0 unspecified atom stereocenters. The van der Waals surface area contributed by atoms with Gasteiger partial charge in [-0.3, -0.25) is 4.79 Å². The summed E-state index contributed by atoms with van der Waals surface area (Å²) >= 11 is 0. The molecule has 146 valence electrons. The monoisotopic (exact) mass is 389 g/mol. The van der Waals surface area contributed by atoms with E-state index in [4.69, 9.17) is 0 Å². The molecule has 5 nitrogen and oxygen atoms in total. The molecule has 1 amide bonds. The normalized spacial score (nSPS) is 16.7. The molecule has 1 N–H and O–H groups in total. The van der Waals surface area contributed by atoms with E-state index in [0.717, 1.165) is 25.2 Å². The first-order valence-electron chi connectivity index (χ1n) is 9.45. The zero-order valence-corrected chi connectivity index (χ0v) is 16.1. The fourth-order valence-corrected chi connectivity index (χ4v) is 4.40. The number of carbonyl (C=O) groups excluding carboxylic acids is 1. The van der Waals surface area contributed by atoms with Crippen molar-refractivity contribution >= 4 is 11.6 Å². The van der Waals surface area contributed by atoms with Crippen molar-refractivity contribution in [3.8, 4) is 34.8 Å². The van der Waals surface area contributed by atoms with E-state index in [1.807, 2.05) is 6.07 Å². The van der Waals surface area contributed by atoms with Gasteiger partial charge in [-0.05, 0) is 37.5 Å². The number of halogens is 1. The van der Waals surface area contributed by atoms with Crippen LogP contribution in [-0.2, 0) is 4.79 Å². The van der Waals surface area contributed by atoms with Gasteiger partial charge in [0, 0.05) is 37.2 Å². The van der Waals surface area contributed by atoms with E-state index in [2.05, 4.69) is 22.8 Å². The predicted octanol–water partition coefficient (Wildman–Crippen LogP) is 3.13. The predicted molar refractivity (Wildman–Crippen MR) is 108 cm³/mol. The number of anilines is 1. The number of carbonyl (C=O) groups is 1. The van der Waals surface area contributed by atoms with Crippen molar-refractivity contribution in [2.24, 2.45) is 5.41 Å². The van der Waals surface area contributed by atoms with Crippen LogP contribution >= 0.6 is 0 Å². The lowest BCUT2D eigenvalue weighted by Crippen LogP contribution is -2.59. The molecule has 6 heteroatoms. The summed E-state index contributed by atoms with van der Waals surface area (Å²) in [5.74, 6) is 4.30. The van der Waals surface area contributed by atoms with Crippen LogP contribution in [0, 0.1) is 34.4 Å². The standard InChI is InChI=1S/C23H20FN3O2/c1-2-5-21(29)27-14-23(15-27)10-11-26(13-23)19-8-3-6-16(17(19)12-25)22-18(24)7-4-9-20(22)28/h3-4,6-9,28H,10-11,13-15H2,1H3. The van der Waals surface area contributed by atoms with E-state index >= 15 is 0 Å². The highest BCUT2D eigenvalue weighted by Gasteiger charge is 2.49. The summed E-state index contributed by atoms with van der Waals surface area (Å²) in [4.78, 5) is 15.8. The number of aromatic hydroxyl groups is 1. The van der Waals surface area contributed by atoms with E-state index in [-0.39, 0.29) is 22.6 Å². The zero-order valence-electron chi connectivity index (χ0n) is 16.1. The molecular weight excluding hydrogens is 369 g/mol. The molecule has 2 saturated heterocycles. The SMILES string of the molecule is CC#CC(=O)N1CC2(CCN(c3cccc(-c4c(O)cccc4F)c3C#N)C2)C1. The molecule has 0 atom stereocenters. The molecule has 2 aromatic carbocycles. The van der Waals surface area contributed by atoms with E-state index in [1.165, 1.54) is 18.2 Å². The number of nitrogens with zero attached hydrogens (tertiary/aromatic N) is 3. The number of phenolic OH excluding ortho intramolecular Hbond substituents is 1. The van der Waals surface area contributed by atoms with Crippen LogP contribution < -0.4 is 4.90 Å². The Morgan fingerprint density at radius 1 is 1.21 bits per heavy atom. The molecule has 0 radical (unpaired) electrons. The number of hydrogen-bond donors (Lipinski definition) is 1. The molecule has 4 rings (SSSR count). The maximum absolute atomic E-state index is 14.4. The Labute approximate surface area is 169 Å². The van der Waals surface area contributed by atoms with Crippen molar-refractivity contribution in [3.63, 3.8) is 0 Å². The fourth-order valence-electron chi connectivity index (χ4n) is 4.40. The van der Waals surface area contributed by atoms with Crippen LogP contribution in [0.5, 0.6) is 5.75 Å². The minimum atomic E-state index is -0.568. The second-order valence-corrected chi connectivity index (χ2v) is 7.65. The van der Waals surface area contributed by atoms with E-state index in [9.17, 15) is 19.6 Å². The zero-order chi connectivity index (χ0) is 20.6. The molecule has 2 aromatic rings. The molecule has 1 spiro atoms. The van der Waals surface area contributed by atoms with Crippen LogP contribution in [-0.4, -0.2) is 42.1 Å². The number of likely N-dealkylation sites (tertiary alicyclic amines) is 1.